The standard InChI is InChI=1S/C28H31FN2O3/c1-34-19-18-30-28(33)26(20-23-10-6-3-7-11-23)31(21-24-12-15-25(29)16-13-24)27(32)17-14-22-8-4-2-5-9-22/h2-13,15-16,26H,14,17-21H2,1H3,(H,30,33)/t26-/m0/s1. The van der Waals surface area contributed by atoms with Gasteiger partial charge in [-0.1, -0.05) is 72.8 Å². The largest absolute Gasteiger partial charge is 0.383 e. The average molecular weight is 463 g/mol. The van der Waals surface area contributed by atoms with E-state index in [1.54, 1.807) is 24.1 Å². The highest BCUT2D eigenvalue weighted by Crippen LogP contribution is 2.17. The fourth-order valence-corrected chi connectivity index (χ4v) is 3.77. The lowest BCUT2D eigenvalue weighted by Gasteiger charge is -2.31. The lowest BCUT2D eigenvalue weighted by atomic mass is 10.0. The van der Waals surface area contributed by atoms with Crippen LogP contribution in [0.4, 0.5) is 4.39 Å². The van der Waals surface area contributed by atoms with E-state index in [1.165, 1.54) is 12.1 Å². The summed E-state index contributed by atoms with van der Waals surface area (Å²) in [5, 5.41) is 2.89. The van der Waals surface area contributed by atoms with E-state index in [1.807, 2.05) is 60.7 Å². The molecule has 2 amide bonds. The lowest BCUT2D eigenvalue weighted by molar-refractivity contribution is -0.141. The summed E-state index contributed by atoms with van der Waals surface area (Å²) in [6.45, 7) is 0.941. The number of aryl methyl sites for hydroxylation is 1. The van der Waals surface area contributed by atoms with Crippen molar-refractivity contribution in [2.45, 2.75) is 31.8 Å². The number of carbonyl (C=O) groups is 2. The predicted molar refractivity (Wildman–Crippen MR) is 131 cm³/mol. The summed E-state index contributed by atoms with van der Waals surface area (Å²) in [6, 6.07) is 24.7. The van der Waals surface area contributed by atoms with Gasteiger partial charge < -0.3 is 15.0 Å². The van der Waals surface area contributed by atoms with E-state index < -0.39 is 6.04 Å². The molecule has 0 aliphatic carbocycles. The van der Waals surface area contributed by atoms with Crippen LogP contribution in [0.25, 0.3) is 0 Å². The van der Waals surface area contributed by atoms with Gasteiger partial charge in [-0.3, -0.25) is 9.59 Å². The van der Waals surface area contributed by atoms with E-state index in [4.69, 9.17) is 4.74 Å². The Kier molecular flexibility index (Phi) is 9.80. The van der Waals surface area contributed by atoms with E-state index in [-0.39, 0.29) is 30.6 Å². The molecule has 5 nitrogen and oxygen atoms in total. The van der Waals surface area contributed by atoms with Crippen LogP contribution in [-0.4, -0.2) is 43.0 Å². The fraction of sp³-hybridized carbons (Fsp3) is 0.286. The van der Waals surface area contributed by atoms with Gasteiger partial charge in [-0.05, 0) is 35.2 Å². The van der Waals surface area contributed by atoms with Crippen molar-refractivity contribution in [2.24, 2.45) is 0 Å². The molecule has 0 saturated heterocycles. The number of hydrogen-bond donors (Lipinski definition) is 1. The molecule has 0 spiro atoms. The van der Waals surface area contributed by atoms with Gasteiger partial charge in [-0.15, -0.1) is 0 Å². The van der Waals surface area contributed by atoms with Crippen LogP contribution >= 0.6 is 0 Å². The molecule has 0 aliphatic heterocycles. The van der Waals surface area contributed by atoms with Crippen molar-refractivity contribution in [3.8, 4) is 0 Å². The Morgan fingerprint density at radius 1 is 0.882 bits per heavy atom. The number of methoxy groups -OCH3 is 1. The van der Waals surface area contributed by atoms with Gasteiger partial charge in [-0.25, -0.2) is 4.39 Å². The van der Waals surface area contributed by atoms with Crippen LogP contribution in [0, 0.1) is 5.82 Å². The molecule has 0 aromatic heterocycles. The molecule has 0 heterocycles. The summed E-state index contributed by atoms with van der Waals surface area (Å²) in [5.41, 5.74) is 2.77. The van der Waals surface area contributed by atoms with E-state index >= 15 is 0 Å². The number of nitrogens with one attached hydrogen (secondary N) is 1. The first-order valence-corrected chi connectivity index (χ1v) is 11.4. The summed E-state index contributed by atoms with van der Waals surface area (Å²) in [7, 11) is 1.57. The van der Waals surface area contributed by atoms with Crippen LogP contribution in [-0.2, 0) is 33.7 Å². The molecule has 3 aromatic rings. The van der Waals surface area contributed by atoms with Gasteiger partial charge >= 0.3 is 0 Å². The number of amides is 2. The Labute approximate surface area is 200 Å². The molecule has 0 unspecified atom stereocenters. The zero-order chi connectivity index (χ0) is 24.2. The first kappa shape index (κ1) is 25.1. The zero-order valence-corrected chi connectivity index (χ0v) is 19.5. The SMILES string of the molecule is COCCNC(=O)[C@H](Cc1ccccc1)N(Cc1ccc(F)cc1)C(=O)CCc1ccccc1. The quantitative estimate of drug-likeness (QED) is 0.411. The van der Waals surface area contributed by atoms with E-state index in [2.05, 4.69) is 5.32 Å². The number of nitrogens with zero attached hydrogens (tertiary/aromatic N) is 1. The Bertz CT molecular complexity index is 1030. The van der Waals surface area contributed by atoms with Gasteiger partial charge in [0, 0.05) is 33.0 Å². The molecule has 178 valence electrons. The van der Waals surface area contributed by atoms with Crippen LogP contribution in [0.15, 0.2) is 84.9 Å². The van der Waals surface area contributed by atoms with Crippen molar-refractivity contribution in [1.82, 2.24) is 10.2 Å². The van der Waals surface area contributed by atoms with Crippen molar-refractivity contribution in [3.63, 3.8) is 0 Å². The molecule has 3 aromatic carbocycles. The summed E-state index contributed by atoms with van der Waals surface area (Å²) in [5.74, 6) is -0.712. The molecule has 1 N–H and O–H groups in total. The van der Waals surface area contributed by atoms with Gasteiger partial charge in [0.25, 0.3) is 0 Å². The normalized spacial score (nSPS) is 11.6. The highest BCUT2D eigenvalue weighted by Gasteiger charge is 2.30. The van der Waals surface area contributed by atoms with E-state index in [0.29, 0.717) is 26.0 Å². The monoisotopic (exact) mass is 462 g/mol. The van der Waals surface area contributed by atoms with Crippen LogP contribution in [0.1, 0.15) is 23.1 Å². The topological polar surface area (TPSA) is 58.6 Å². The highest BCUT2D eigenvalue weighted by atomic mass is 19.1. The van der Waals surface area contributed by atoms with Crippen LogP contribution in [0.3, 0.4) is 0 Å². The average Bonchev–Trinajstić information content (AvgIpc) is 2.87. The van der Waals surface area contributed by atoms with Gasteiger partial charge in [-0.2, -0.15) is 0 Å². The molecule has 0 saturated carbocycles. The molecule has 6 heteroatoms. The maximum Gasteiger partial charge on any atom is 0.243 e. The first-order valence-electron chi connectivity index (χ1n) is 11.4. The fourth-order valence-electron chi connectivity index (χ4n) is 3.77. The summed E-state index contributed by atoms with van der Waals surface area (Å²) in [4.78, 5) is 28.4. The molecule has 3 rings (SSSR count). The molecule has 0 aliphatic rings. The lowest BCUT2D eigenvalue weighted by Crippen LogP contribution is -2.51. The van der Waals surface area contributed by atoms with Crippen molar-refractivity contribution >= 4 is 11.8 Å². The third-order valence-corrected chi connectivity index (χ3v) is 5.61. The number of carbonyl (C=O) groups excluding carboxylic acids is 2. The minimum absolute atomic E-state index is 0.129. The van der Waals surface area contributed by atoms with Crippen molar-refractivity contribution in [1.29, 1.82) is 0 Å². The number of benzene rings is 3. The predicted octanol–water partition coefficient (Wildman–Crippen LogP) is 4.16. The summed E-state index contributed by atoms with van der Waals surface area (Å²) < 4.78 is 18.5. The van der Waals surface area contributed by atoms with Crippen LogP contribution in [0.2, 0.25) is 0 Å². The molecule has 34 heavy (non-hydrogen) atoms. The molecule has 0 bridgehead atoms. The third kappa shape index (κ3) is 7.81. The van der Waals surface area contributed by atoms with Gasteiger partial charge in [0.05, 0.1) is 6.61 Å². The van der Waals surface area contributed by atoms with Crippen LogP contribution in [0.5, 0.6) is 0 Å². The Morgan fingerprint density at radius 3 is 2.12 bits per heavy atom. The molecular formula is C28H31FN2O3. The maximum absolute atomic E-state index is 13.5. The molecular weight excluding hydrogens is 431 g/mol. The van der Waals surface area contributed by atoms with Gasteiger partial charge in [0.15, 0.2) is 0 Å². The second kappa shape index (κ2) is 13.3. The number of rotatable bonds is 12. The van der Waals surface area contributed by atoms with E-state index in [0.717, 1.165) is 16.7 Å². The maximum atomic E-state index is 13.5. The van der Waals surface area contributed by atoms with E-state index in [9.17, 15) is 14.0 Å². The van der Waals surface area contributed by atoms with Gasteiger partial charge in [0.1, 0.15) is 11.9 Å². The van der Waals surface area contributed by atoms with Gasteiger partial charge in [0.2, 0.25) is 11.8 Å². The minimum atomic E-state index is -0.715. The highest BCUT2D eigenvalue weighted by molar-refractivity contribution is 5.88. The summed E-state index contributed by atoms with van der Waals surface area (Å²) in [6.07, 6.45) is 1.21. The van der Waals surface area contributed by atoms with Crippen molar-refractivity contribution in [3.05, 3.63) is 107 Å². The third-order valence-electron chi connectivity index (χ3n) is 5.61. The number of hydrogen-bond acceptors (Lipinski definition) is 3. The minimum Gasteiger partial charge on any atom is -0.383 e. The second-order valence-electron chi connectivity index (χ2n) is 8.12. The zero-order valence-electron chi connectivity index (χ0n) is 19.5. The van der Waals surface area contributed by atoms with Crippen LogP contribution < -0.4 is 5.32 Å². The van der Waals surface area contributed by atoms with Crippen molar-refractivity contribution < 1.29 is 18.7 Å². The first-order chi connectivity index (χ1) is 16.6. The Morgan fingerprint density at radius 2 is 1.50 bits per heavy atom. The van der Waals surface area contributed by atoms with Crippen molar-refractivity contribution in [2.75, 3.05) is 20.3 Å². The molecule has 0 radical (unpaired) electrons. The summed E-state index contributed by atoms with van der Waals surface area (Å²) >= 11 is 0. The number of ether oxygens (including phenoxy) is 1. The molecule has 1 atom stereocenters. The Balaban J connectivity index is 1.86. The second-order valence-corrected chi connectivity index (χ2v) is 8.12. The Hall–Kier alpha value is -3.51. The number of halogens is 1. The smallest absolute Gasteiger partial charge is 0.243 e. The molecule has 0 fully saturated rings.